The third-order valence-electron chi connectivity index (χ3n) is 3.92. The van der Waals surface area contributed by atoms with E-state index in [0.29, 0.717) is 79.3 Å². The average Bonchev–Trinajstić information content (AvgIpc) is 2.91. The maximum absolute atomic E-state index is 9.48. The van der Waals surface area contributed by atoms with Crippen molar-refractivity contribution in [2.75, 3.05) is 79.3 Å². The molecular weight excluding hydrogens is 704 g/mol. The summed E-state index contributed by atoms with van der Waals surface area (Å²) in [6.07, 6.45) is 0. The second-order valence-electron chi connectivity index (χ2n) is 7.29. The molecule has 0 atom stereocenters. The molecule has 0 radical (unpaired) electrons. The molecule has 0 bridgehead atoms. The van der Waals surface area contributed by atoms with Gasteiger partial charge in [-0.1, -0.05) is 0 Å². The standard InChI is InChI=1S/4C6H16O4Si.Ti/c4*1-4-8-11(7,9-5-2)10-6-3;/h4*7H,4-6H2,1-3H3;. The molecular formula is C24H64O16Si4Ti. The summed E-state index contributed by atoms with van der Waals surface area (Å²) in [5.74, 6) is 0. The van der Waals surface area contributed by atoms with E-state index in [1.807, 2.05) is 0 Å². The van der Waals surface area contributed by atoms with Gasteiger partial charge in [0, 0.05) is 101 Å². The molecule has 0 unspecified atom stereocenters. The fourth-order valence-corrected chi connectivity index (χ4v) is 8.07. The van der Waals surface area contributed by atoms with Gasteiger partial charge in [-0.05, 0) is 83.1 Å². The Bertz CT molecular complexity index is 429. The van der Waals surface area contributed by atoms with Gasteiger partial charge in [-0.3, -0.25) is 0 Å². The summed E-state index contributed by atoms with van der Waals surface area (Å²) in [6, 6.07) is 0. The molecule has 0 amide bonds. The summed E-state index contributed by atoms with van der Waals surface area (Å²) in [5, 5.41) is 0. The smallest absolute Gasteiger partial charge is 0.367 e. The van der Waals surface area contributed by atoms with Gasteiger partial charge in [0.15, 0.2) is 0 Å². The van der Waals surface area contributed by atoms with Crippen LogP contribution in [0.5, 0.6) is 0 Å². The van der Waals surface area contributed by atoms with Gasteiger partial charge in [-0.25, -0.2) is 0 Å². The Labute approximate surface area is 291 Å². The van der Waals surface area contributed by atoms with Gasteiger partial charge in [-0.2, -0.15) is 0 Å². The molecule has 0 saturated heterocycles. The number of hydrogen-bond donors (Lipinski definition) is 4. The van der Waals surface area contributed by atoms with Crippen LogP contribution in [0.15, 0.2) is 0 Å². The van der Waals surface area contributed by atoms with Gasteiger partial charge < -0.3 is 72.3 Å². The van der Waals surface area contributed by atoms with Gasteiger partial charge in [0.05, 0.1) is 0 Å². The van der Waals surface area contributed by atoms with Crippen molar-refractivity contribution in [1.29, 1.82) is 0 Å². The Balaban J connectivity index is -0.000000157. The summed E-state index contributed by atoms with van der Waals surface area (Å²) in [4.78, 5) is 37.9. The Hall–Kier alpha value is 0.942. The van der Waals surface area contributed by atoms with Crippen molar-refractivity contribution in [3.8, 4) is 0 Å². The van der Waals surface area contributed by atoms with Crippen LogP contribution in [0.2, 0.25) is 0 Å². The van der Waals surface area contributed by atoms with Crippen LogP contribution in [0.4, 0.5) is 0 Å². The van der Waals surface area contributed by atoms with E-state index < -0.39 is 36.2 Å². The molecule has 0 aliphatic rings. The van der Waals surface area contributed by atoms with Crippen molar-refractivity contribution in [3.05, 3.63) is 0 Å². The first-order valence-electron chi connectivity index (χ1n) is 15.3. The van der Waals surface area contributed by atoms with Crippen LogP contribution >= 0.6 is 0 Å². The van der Waals surface area contributed by atoms with E-state index in [1.165, 1.54) is 0 Å². The maximum atomic E-state index is 9.48. The molecule has 4 N–H and O–H groups in total. The second-order valence-corrected chi connectivity index (χ2v) is 14.9. The number of hydrogen-bond acceptors (Lipinski definition) is 16. The van der Waals surface area contributed by atoms with Crippen molar-refractivity contribution in [2.24, 2.45) is 0 Å². The van der Waals surface area contributed by atoms with Crippen LogP contribution in [0.3, 0.4) is 0 Å². The molecule has 21 heteroatoms. The van der Waals surface area contributed by atoms with Crippen LogP contribution in [-0.2, 0) is 74.8 Å². The third-order valence-corrected chi connectivity index (χ3v) is 11.8. The Morgan fingerprint density at radius 2 is 0.311 bits per heavy atom. The molecule has 0 fully saturated rings. The molecule has 0 rings (SSSR count). The quantitative estimate of drug-likeness (QED) is 0.104. The SMILES string of the molecule is CCO[Si](O)(OCC)OCC.CCO[Si](O)(OCC)OCC.CCO[Si](O)(OCC)OCC.CCO[Si](O)(OCC)OCC.[Ti]. The van der Waals surface area contributed by atoms with Crippen molar-refractivity contribution in [1.82, 2.24) is 0 Å². The molecule has 0 heterocycles. The molecule has 45 heavy (non-hydrogen) atoms. The first-order chi connectivity index (χ1) is 20.7. The first-order valence-corrected chi connectivity index (χ1v) is 22.0. The molecule has 0 aliphatic heterocycles. The normalized spacial score (nSPS) is 11.7. The minimum atomic E-state index is -3.25. The van der Waals surface area contributed by atoms with Crippen molar-refractivity contribution < 1.29 is 94.0 Å². The molecule has 0 saturated carbocycles. The Morgan fingerprint density at radius 1 is 0.244 bits per heavy atom. The molecule has 0 aliphatic carbocycles. The van der Waals surface area contributed by atoms with Crippen molar-refractivity contribution in [2.45, 2.75) is 83.1 Å². The molecule has 0 spiro atoms. The molecule has 0 aromatic heterocycles. The molecule has 16 nitrogen and oxygen atoms in total. The minimum Gasteiger partial charge on any atom is -0.367 e. The van der Waals surface area contributed by atoms with Crippen LogP contribution in [-0.4, -0.2) is 135 Å². The summed E-state index contributed by atoms with van der Waals surface area (Å²) < 4.78 is 59.5. The van der Waals surface area contributed by atoms with Crippen LogP contribution < -0.4 is 0 Å². The third kappa shape index (κ3) is 34.6. The van der Waals surface area contributed by atoms with Gasteiger partial charge in [0.1, 0.15) is 0 Å². The van der Waals surface area contributed by atoms with E-state index in [4.69, 9.17) is 53.1 Å². The van der Waals surface area contributed by atoms with E-state index in [0.717, 1.165) is 0 Å². The number of rotatable bonds is 24. The Morgan fingerprint density at radius 3 is 0.356 bits per heavy atom. The van der Waals surface area contributed by atoms with E-state index >= 15 is 0 Å². The maximum Gasteiger partial charge on any atom is 0.676 e. The van der Waals surface area contributed by atoms with Crippen molar-refractivity contribution in [3.63, 3.8) is 0 Å². The van der Waals surface area contributed by atoms with Gasteiger partial charge >= 0.3 is 36.2 Å². The zero-order valence-electron chi connectivity index (χ0n) is 29.7. The fourth-order valence-electron chi connectivity index (χ4n) is 2.69. The van der Waals surface area contributed by atoms with E-state index in [-0.39, 0.29) is 21.7 Å². The monoisotopic (exact) mass is 768 g/mol. The summed E-state index contributed by atoms with van der Waals surface area (Å²) in [5.41, 5.74) is 0. The summed E-state index contributed by atoms with van der Waals surface area (Å²) in [7, 11) is -13.0. The largest absolute Gasteiger partial charge is 0.676 e. The average molecular weight is 769 g/mol. The fraction of sp³-hybridized carbons (Fsp3) is 1.00. The predicted molar refractivity (Wildman–Crippen MR) is 171 cm³/mol. The van der Waals surface area contributed by atoms with Crippen LogP contribution in [0, 0.1) is 0 Å². The minimum absolute atomic E-state index is 0. The molecule has 276 valence electrons. The van der Waals surface area contributed by atoms with Crippen LogP contribution in [0.1, 0.15) is 83.1 Å². The molecule has 0 aromatic carbocycles. The zero-order chi connectivity index (χ0) is 35.0. The zero-order valence-corrected chi connectivity index (χ0v) is 35.2. The van der Waals surface area contributed by atoms with Gasteiger partial charge in [-0.15, -0.1) is 0 Å². The predicted octanol–water partition coefficient (Wildman–Crippen LogP) is 2.09. The van der Waals surface area contributed by atoms with E-state index in [2.05, 4.69) is 0 Å². The van der Waals surface area contributed by atoms with E-state index in [9.17, 15) is 19.2 Å². The second kappa shape index (κ2) is 36.2. The van der Waals surface area contributed by atoms with Crippen molar-refractivity contribution >= 4 is 36.2 Å². The summed E-state index contributed by atoms with van der Waals surface area (Å²) in [6.45, 7) is 26.3. The van der Waals surface area contributed by atoms with E-state index in [1.54, 1.807) is 83.1 Å². The van der Waals surface area contributed by atoms with Gasteiger partial charge in [0.2, 0.25) is 0 Å². The summed E-state index contributed by atoms with van der Waals surface area (Å²) >= 11 is 0. The first kappa shape index (κ1) is 55.4. The van der Waals surface area contributed by atoms with Crippen LogP contribution in [0.25, 0.3) is 0 Å². The molecule has 0 aromatic rings. The van der Waals surface area contributed by atoms with Gasteiger partial charge in [0.25, 0.3) is 0 Å². The topological polar surface area (TPSA) is 192 Å². The Kier molecular flexibility index (Phi) is 44.6.